The Morgan fingerprint density at radius 2 is 1.90 bits per heavy atom. The molecule has 1 aliphatic heterocycles. The molecule has 0 amide bonds. The van der Waals surface area contributed by atoms with Gasteiger partial charge in [0.1, 0.15) is 5.82 Å². The first-order valence-electron chi connectivity index (χ1n) is 10.2. The number of hydrogen-bond donors (Lipinski definition) is 0. The summed E-state index contributed by atoms with van der Waals surface area (Å²) in [6.45, 7) is 8.84. The number of aromatic nitrogens is 2. The Kier molecular flexibility index (Phi) is 6.02. The molecule has 1 aromatic heterocycles. The Labute approximate surface area is 171 Å². The number of hydrogen-bond acceptors (Lipinski definition) is 5. The summed E-state index contributed by atoms with van der Waals surface area (Å²) in [7, 11) is 0. The van der Waals surface area contributed by atoms with Gasteiger partial charge in [0.2, 0.25) is 11.7 Å². The molecule has 1 atom stereocenters. The van der Waals surface area contributed by atoms with Gasteiger partial charge in [-0.2, -0.15) is 4.98 Å². The van der Waals surface area contributed by atoms with Crippen molar-refractivity contribution >= 4 is 0 Å². The normalized spacial score (nSPS) is 17.2. The molecule has 3 aromatic rings. The monoisotopic (exact) mass is 394 g/mol. The maximum Gasteiger partial charge on any atom is 0.244 e. The van der Waals surface area contributed by atoms with Gasteiger partial charge in [-0.3, -0.25) is 9.80 Å². The molecule has 0 spiro atoms. The zero-order valence-electron chi connectivity index (χ0n) is 17.0. The molecule has 152 valence electrons. The molecule has 0 radical (unpaired) electrons. The van der Waals surface area contributed by atoms with E-state index in [4.69, 9.17) is 4.52 Å². The SMILES string of the molecule is Cc1ccc(-c2noc(C(C)N3CCCN(Cc4ccccc4)CC3)n2)cc1F. The van der Waals surface area contributed by atoms with Crippen LogP contribution in [0.5, 0.6) is 0 Å². The van der Waals surface area contributed by atoms with E-state index < -0.39 is 0 Å². The Bertz CT molecular complexity index is 943. The van der Waals surface area contributed by atoms with Crippen molar-refractivity contribution in [2.24, 2.45) is 0 Å². The lowest BCUT2D eigenvalue weighted by Crippen LogP contribution is -2.32. The zero-order chi connectivity index (χ0) is 20.2. The van der Waals surface area contributed by atoms with Gasteiger partial charge in [-0.05, 0) is 44.0 Å². The van der Waals surface area contributed by atoms with Crippen LogP contribution in [0.2, 0.25) is 0 Å². The van der Waals surface area contributed by atoms with E-state index >= 15 is 0 Å². The Hall–Kier alpha value is -2.57. The van der Waals surface area contributed by atoms with Crippen molar-refractivity contribution < 1.29 is 8.91 Å². The summed E-state index contributed by atoms with van der Waals surface area (Å²) in [5.41, 5.74) is 2.59. The third kappa shape index (κ3) is 4.71. The molecule has 0 aliphatic carbocycles. The molecule has 0 N–H and O–H groups in total. The van der Waals surface area contributed by atoms with Crippen molar-refractivity contribution in [2.45, 2.75) is 32.9 Å². The van der Waals surface area contributed by atoms with Crippen LogP contribution in [0.4, 0.5) is 4.39 Å². The Morgan fingerprint density at radius 1 is 1.07 bits per heavy atom. The molecule has 1 saturated heterocycles. The van der Waals surface area contributed by atoms with Crippen LogP contribution in [0.15, 0.2) is 53.1 Å². The second-order valence-corrected chi connectivity index (χ2v) is 7.75. The van der Waals surface area contributed by atoms with Crippen molar-refractivity contribution in [1.29, 1.82) is 0 Å². The van der Waals surface area contributed by atoms with Crippen LogP contribution < -0.4 is 0 Å². The number of nitrogens with zero attached hydrogens (tertiary/aromatic N) is 4. The predicted octanol–water partition coefficient (Wildman–Crippen LogP) is 4.45. The Morgan fingerprint density at radius 3 is 2.69 bits per heavy atom. The molecule has 0 saturated carbocycles. The van der Waals surface area contributed by atoms with Gasteiger partial charge in [0.05, 0.1) is 6.04 Å². The van der Waals surface area contributed by atoms with Gasteiger partial charge < -0.3 is 4.52 Å². The largest absolute Gasteiger partial charge is 0.337 e. The van der Waals surface area contributed by atoms with E-state index in [1.807, 2.05) is 6.07 Å². The van der Waals surface area contributed by atoms with Gasteiger partial charge in [-0.25, -0.2) is 4.39 Å². The first-order chi connectivity index (χ1) is 14.1. The van der Waals surface area contributed by atoms with E-state index in [1.54, 1.807) is 13.0 Å². The van der Waals surface area contributed by atoms with Crippen LogP contribution in [-0.4, -0.2) is 46.1 Å². The molecule has 1 fully saturated rings. The van der Waals surface area contributed by atoms with Gasteiger partial charge in [0, 0.05) is 31.7 Å². The average Bonchev–Trinajstić information content (AvgIpc) is 3.11. The highest BCUT2D eigenvalue weighted by Crippen LogP contribution is 2.25. The number of aryl methyl sites for hydroxylation is 1. The fourth-order valence-electron chi connectivity index (χ4n) is 3.79. The van der Waals surface area contributed by atoms with Crippen molar-refractivity contribution in [3.8, 4) is 11.4 Å². The highest BCUT2D eigenvalue weighted by Gasteiger charge is 2.24. The Balaban J connectivity index is 1.40. The fraction of sp³-hybridized carbons (Fsp3) is 0.391. The minimum Gasteiger partial charge on any atom is -0.337 e. The molecular formula is C23H27FN4O. The lowest BCUT2D eigenvalue weighted by atomic mass is 10.1. The lowest BCUT2D eigenvalue weighted by molar-refractivity contribution is 0.174. The second-order valence-electron chi connectivity index (χ2n) is 7.75. The van der Waals surface area contributed by atoms with Crippen molar-refractivity contribution in [3.05, 3.63) is 71.4 Å². The van der Waals surface area contributed by atoms with Crippen LogP contribution in [0.1, 0.15) is 36.4 Å². The quantitative estimate of drug-likeness (QED) is 0.640. The summed E-state index contributed by atoms with van der Waals surface area (Å²) >= 11 is 0. The summed E-state index contributed by atoms with van der Waals surface area (Å²) in [4.78, 5) is 9.43. The van der Waals surface area contributed by atoms with Gasteiger partial charge in [0.15, 0.2) is 0 Å². The fourth-order valence-corrected chi connectivity index (χ4v) is 3.79. The molecule has 4 rings (SSSR count). The molecule has 2 aromatic carbocycles. The van der Waals surface area contributed by atoms with Crippen LogP contribution in [0.3, 0.4) is 0 Å². The minimum atomic E-state index is -0.257. The van der Waals surface area contributed by atoms with Gasteiger partial charge in [-0.15, -0.1) is 0 Å². The van der Waals surface area contributed by atoms with Crippen molar-refractivity contribution in [1.82, 2.24) is 19.9 Å². The molecule has 5 nitrogen and oxygen atoms in total. The average molecular weight is 394 g/mol. The molecule has 6 heteroatoms. The lowest BCUT2D eigenvalue weighted by Gasteiger charge is -2.25. The van der Waals surface area contributed by atoms with Gasteiger partial charge in [-0.1, -0.05) is 47.6 Å². The summed E-state index contributed by atoms with van der Waals surface area (Å²) in [5, 5.41) is 4.08. The summed E-state index contributed by atoms with van der Waals surface area (Å²) < 4.78 is 19.4. The maximum absolute atomic E-state index is 13.9. The number of rotatable bonds is 5. The standard InChI is InChI=1S/C23H27FN4O/c1-17-9-10-20(15-21(17)24)22-25-23(29-26-22)18(2)28-12-6-11-27(13-14-28)16-19-7-4-3-5-8-19/h3-5,7-10,15,18H,6,11-14,16H2,1-2H3. The second kappa shape index (κ2) is 8.84. The van der Waals surface area contributed by atoms with E-state index in [0.29, 0.717) is 22.8 Å². The van der Waals surface area contributed by atoms with E-state index in [-0.39, 0.29) is 11.9 Å². The first-order valence-corrected chi connectivity index (χ1v) is 10.2. The topological polar surface area (TPSA) is 45.4 Å². The number of halogens is 1. The van der Waals surface area contributed by atoms with Crippen LogP contribution in [0.25, 0.3) is 11.4 Å². The van der Waals surface area contributed by atoms with E-state index in [9.17, 15) is 4.39 Å². The predicted molar refractivity (Wildman–Crippen MR) is 111 cm³/mol. The van der Waals surface area contributed by atoms with E-state index in [0.717, 1.165) is 39.1 Å². The van der Waals surface area contributed by atoms with Crippen LogP contribution >= 0.6 is 0 Å². The van der Waals surface area contributed by atoms with Gasteiger partial charge in [0.25, 0.3) is 0 Å². The van der Waals surface area contributed by atoms with Crippen LogP contribution in [-0.2, 0) is 6.54 Å². The molecule has 1 unspecified atom stereocenters. The molecule has 2 heterocycles. The van der Waals surface area contributed by atoms with Crippen LogP contribution in [0, 0.1) is 12.7 Å². The third-order valence-electron chi connectivity index (χ3n) is 5.65. The summed E-state index contributed by atoms with van der Waals surface area (Å²) in [5.74, 6) is 0.761. The third-order valence-corrected chi connectivity index (χ3v) is 5.65. The molecule has 29 heavy (non-hydrogen) atoms. The molecule has 0 bridgehead atoms. The highest BCUT2D eigenvalue weighted by molar-refractivity contribution is 5.55. The first kappa shape index (κ1) is 19.7. The van der Waals surface area contributed by atoms with Crippen molar-refractivity contribution in [3.63, 3.8) is 0 Å². The number of benzene rings is 2. The highest BCUT2D eigenvalue weighted by atomic mass is 19.1. The zero-order valence-corrected chi connectivity index (χ0v) is 17.0. The van der Waals surface area contributed by atoms with E-state index in [1.165, 1.54) is 11.6 Å². The minimum absolute atomic E-state index is 0.0308. The summed E-state index contributed by atoms with van der Waals surface area (Å²) in [6.07, 6.45) is 1.10. The maximum atomic E-state index is 13.9. The van der Waals surface area contributed by atoms with Crippen molar-refractivity contribution in [2.75, 3.05) is 26.2 Å². The smallest absolute Gasteiger partial charge is 0.244 e. The van der Waals surface area contributed by atoms with Gasteiger partial charge >= 0.3 is 0 Å². The summed E-state index contributed by atoms with van der Waals surface area (Å²) in [6, 6.07) is 15.6. The molecule has 1 aliphatic rings. The van der Waals surface area contributed by atoms with E-state index in [2.05, 4.69) is 57.2 Å². The molecular weight excluding hydrogens is 367 g/mol.